The van der Waals surface area contributed by atoms with Crippen molar-refractivity contribution in [1.29, 1.82) is 0 Å². The zero-order chi connectivity index (χ0) is 15.3. The SMILES string of the molecule is CCC(C)(C(=O)NC(C)c1ccc(C)cc1)/C(N)=N/O. The molecule has 5 nitrogen and oxygen atoms in total. The summed E-state index contributed by atoms with van der Waals surface area (Å²) in [6, 6.07) is 7.82. The lowest BCUT2D eigenvalue weighted by Crippen LogP contribution is -2.48. The van der Waals surface area contributed by atoms with Crippen LogP contribution in [-0.4, -0.2) is 17.0 Å². The number of benzene rings is 1. The summed E-state index contributed by atoms with van der Waals surface area (Å²) in [4.78, 5) is 12.4. The Kier molecular flexibility index (Phi) is 5.13. The first kappa shape index (κ1) is 16.0. The fourth-order valence-electron chi connectivity index (χ4n) is 1.86. The van der Waals surface area contributed by atoms with E-state index in [1.54, 1.807) is 6.92 Å². The quantitative estimate of drug-likeness (QED) is 0.334. The molecule has 0 aromatic heterocycles. The van der Waals surface area contributed by atoms with E-state index in [0.717, 1.165) is 5.56 Å². The Hall–Kier alpha value is -2.04. The average Bonchev–Trinajstić information content (AvgIpc) is 2.45. The highest BCUT2D eigenvalue weighted by atomic mass is 16.4. The number of nitrogens with one attached hydrogen (secondary N) is 1. The highest BCUT2D eigenvalue weighted by Crippen LogP contribution is 2.23. The molecule has 5 heteroatoms. The van der Waals surface area contributed by atoms with Gasteiger partial charge in [0.05, 0.1) is 6.04 Å². The number of carbonyl (C=O) groups excluding carboxylic acids is 1. The molecule has 1 aromatic carbocycles. The van der Waals surface area contributed by atoms with Crippen LogP contribution in [0.4, 0.5) is 0 Å². The molecule has 20 heavy (non-hydrogen) atoms. The third-order valence-electron chi connectivity index (χ3n) is 3.81. The van der Waals surface area contributed by atoms with Gasteiger partial charge in [-0.3, -0.25) is 4.79 Å². The minimum absolute atomic E-state index is 0.0754. The molecule has 0 aliphatic carbocycles. The van der Waals surface area contributed by atoms with E-state index in [2.05, 4.69) is 10.5 Å². The first-order valence-electron chi connectivity index (χ1n) is 6.70. The van der Waals surface area contributed by atoms with Gasteiger partial charge in [0.2, 0.25) is 5.91 Å². The van der Waals surface area contributed by atoms with Crippen molar-refractivity contribution in [2.24, 2.45) is 16.3 Å². The first-order chi connectivity index (χ1) is 9.35. The molecule has 0 radical (unpaired) electrons. The highest BCUT2D eigenvalue weighted by Gasteiger charge is 2.37. The van der Waals surface area contributed by atoms with Crippen molar-refractivity contribution in [1.82, 2.24) is 5.32 Å². The molecule has 0 saturated heterocycles. The van der Waals surface area contributed by atoms with Gasteiger partial charge >= 0.3 is 0 Å². The molecular weight excluding hydrogens is 254 g/mol. The lowest BCUT2D eigenvalue weighted by Gasteiger charge is -2.27. The van der Waals surface area contributed by atoms with E-state index in [9.17, 15) is 4.79 Å². The van der Waals surface area contributed by atoms with Crippen LogP contribution in [0.3, 0.4) is 0 Å². The predicted molar refractivity (Wildman–Crippen MR) is 79.5 cm³/mol. The molecule has 1 aromatic rings. The zero-order valence-corrected chi connectivity index (χ0v) is 12.5. The molecule has 1 amide bonds. The molecule has 2 atom stereocenters. The number of aryl methyl sites for hydroxylation is 1. The van der Waals surface area contributed by atoms with Crippen molar-refractivity contribution in [2.75, 3.05) is 0 Å². The lowest BCUT2D eigenvalue weighted by atomic mass is 9.84. The largest absolute Gasteiger partial charge is 0.409 e. The fourth-order valence-corrected chi connectivity index (χ4v) is 1.86. The predicted octanol–water partition coefficient (Wildman–Crippen LogP) is 2.33. The molecule has 0 spiro atoms. The van der Waals surface area contributed by atoms with Crippen LogP contribution in [0.2, 0.25) is 0 Å². The van der Waals surface area contributed by atoms with E-state index >= 15 is 0 Å². The Morgan fingerprint density at radius 2 is 2.00 bits per heavy atom. The van der Waals surface area contributed by atoms with Crippen molar-refractivity contribution >= 4 is 11.7 Å². The maximum Gasteiger partial charge on any atom is 0.234 e. The molecular formula is C15H23N3O2. The standard InChI is InChI=1S/C15H23N3O2/c1-5-15(4,13(16)18-20)14(19)17-11(3)12-8-6-10(2)7-9-12/h6-9,11,20H,5H2,1-4H3,(H2,16,18)(H,17,19). The Labute approximate surface area is 119 Å². The Morgan fingerprint density at radius 3 is 2.45 bits per heavy atom. The molecule has 0 bridgehead atoms. The highest BCUT2D eigenvalue weighted by molar-refractivity contribution is 6.06. The number of rotatable bonds is 5. The van der Waals surface area contributed by atoms with E-state index in [0.29, 0.717) is 6.42 Å². The van der Waals surface area contributed by atoms with Crippen molar-refractivity contribution in [3.8, 4) is 0 Å². The second-order valence-corrected chi connectivity index (χ2v) is 5.28. The summed E-state index contributed by atoms with van der Waals surface area (Å²) in [5.74, 6) is -0.322. The van der Waals surface area contributed by atoms with Crippen LogP contribution in [0.5, 0.6) is 0 Å². The summed E-state index contributed by atoms with van der Waals surface area (Å²) in [5.41, 5.74) is 6.81. The molecule has 110 valence electrons. The van der Waals surface area contributed by atoms with Crippen molar-refractivity contribution in [3.63, 3.8) is 0 Å². The van der Waals surface area contributed by atoms with E-state index < -0.39 is 5.41 Å². The minimum atomic E-state index is -1.01. The number of amidine groups is 1. The van der Waals surface area contributed by atoms with Gasteiger partial charge < -0.3 is 16.3 Å². The summed E-state index contributed by atoms with van der Waals surface area (Å²) in [6.45, 7) is 7.41. The van der Waals surface area contributed by atoms with E-state index in [-0.39, 0.29) is 17.8 Å². The monoisotopic (exact) mass is 277 g/mol. The zero-order valence-electron chi connectivity index (χ0n) is 12.5. The number of carbonyl (C=O) groups is 1. The number of nitrogens with zero attached hydrogens (tertiary/aromatic N) is 1. The van der Waals surface area contributed by atoms with Crippen molar-refractivity contribution < 1.29 is 10.0 Å². The minimum Gasteiger partial charge on any atom is -0.409 e. The molecule has 1 rings (SSSR count). The molecule has 0 fully saturated rings. The van der Waals surface area contributed by atoms with Crippen LogP contribution in [0, 0.1) is 12.3 Å². The van der Waals surface area contributed by atoms with Gasteiger partial charge in [-0.1, -0.05) is 41.9 Å². The van der Waals surface area contributed by atoms with Crippen molar-refractivity contribution in [2.45, 2.75) is 40.2 Å². The maximum absolute atomic E-state index is 12.4. The number of amides is 1. The van der Waals surface area contributed by atoms with Gasteiger partial charge in [-0.15, -0.1) is 0 Å². The Bertz CT molecular complexity index is 496. The first-order valence-corrected chi connectivity index (χ1v) is 6.70. The normalized spacial score (nSPS) is 16.3. The van der Waals surface area contributed by atoms with Crippen LogP contribution in [0.15, 0.2) is 29.4 Å². The van der Waals surface area contributed by atoms with Gasteiger partial charge in [-0.05, 0) is 32.8 Å². The second kappa shape index (κ2) is 6.41. The Balaban J connectivity index is 2.86. The molecule has 0 aliphatic heterocycles. The molecule has 0 saturated carbocycles. The third kappa shape index (κ3) is 3.29. The average molecular weight is 277 g/mol. The summed E-state index contributed by atoms with van der Waals surface area (Å²) >= 11 is 0. The van der Waals surface area contributed by atoms with Gasteiger partial charge in [0.1, 0.15) is 5.41 Å². The molecule has 0 heterocycles. The summed E-state index contributed by atoms with van der Waals surface area (Å²) in [5, 5.41) is 14.7. The van der Waals surface area contributed by atoms with Gasteiger partial charge in [0, 0.05) is 0 Å². The van der Waals surface area contributed by atoms with Gasteiger partial charge in [-0.25, -0.2) is 0 Å². The van der Waals surface area contributed by atoms with Crippen LogP contribution in [-0.2, 0) is 4.79 Å². The van der Waals surface area contributed by atoms with Gasteiger partial charge in [0.25, 0.3) is 0 Å². The maximum atomic E-state index is 12.4. The van der Waals surface area contributed by atoms with Crippen LogP contribution in [0.25, 0.3) is 0 Å². The fraction of sp³-hybridized carbons (Fsp3) is 0.467. The Morgan fingerprint density at radius 1 is 1.45 bits per heavy atom. The van der Waals surface area contributed by atoms with Gasteiger partial charge in [-0.2, -0.15) is 0 Å². The van der Waals surface area contributed by atoms with Crippen LogP contribution >= 0.6 is 0 Å². The van der Waals surface area contributed by atoms with E-state index in [1.165, 1.54) is 5.56 Å². The molecule has 4 N–H and O–H groups in total. The molecule has 0 aliphatic rings. The summed E-state index contributed by atoms with van der Waals surface area (Å²) in [7, 11) is 0. The molecule has 2 unspecified atom stereocenters. The number of hydrogen-bond acceptors (Lipinski definition) is 3. The number of hydrogen-bond donors (Lipinski definition) is 3. The van der Waals surface area contributed by atoms with Crippen molar-refractivity contribution in [3.05, 3.63) is 35.4 Å². The third-order valence-corrected chi connectivity index (χ3v) is 3.81. The van der Waals surface area contributed by atoms with E-state index in [4.69, 9.17) is 10.9 Å². The van der Waals surface area contributed by atoms with E-state index in [1.807, 2.05) is 45.0 Å². The van der Waals surface area contributed by atoms with Gasteiger partial charge in [0.15, 0.2) is 5.84 Å². The van der Waals surface area contributed by atoms with Crippen LogP contribution in [0.1, 0.15) is 44.4 Å². The number of nitrogens with two attached hydrogens (primary N) is 1. The smallest absolute Gasteiger partial charge is 0.234 e. The number of oxime groups is 1. The van der Waals surface area contributed by atoms with Crippen LogP contribution < -0.4 is 11.1 Å². The lowest BCUT2D eigenvalue weighted by molar-refractivity contribution is -0.127. The topological polar surface area (TPSA) is 87.7 Å². The summed E-state index contributed by atoms with van der Waals surface area (Å²) < 4.78 is 0. The second-order valence-electron chi connectivity index (χ2n) is 5.28. The summed E-state index contributed by atoms with van der Waals surface area (Å²) in [6.07, 6.45) is 0.454.